The largest absolute Gasteiger partial charge is 0.503 e. The van der Waals surface area contributed by atoms with E-state index in [2.05, 4.69) is 11.9 Å². The van der Waals surface area contributed by atoms with Crippen LogP contribution in [0, 0.1) is 0 Å². The minimum absolute atomic E-state index is 0.0921. The van der Waals surface area contributed by atoms with Crippen LogP contribution >= 0.6 is 11.3 Å². The van der Waals surface area contributed by atoms with Gasteiger partial charge in [0.1, 0.15) is 5.75 Å². The number of aromatic nitrogens is 1. The van der Waals surface area contributed by atoms with Gasteiger partial charge in [0, 0.05) is 18.9 Å². The third-order valence-corrected chi connectivity index (χ3v) is 6.43. The average molecular weight is 463 g/mol. The molecule has 0 saturated heterocycles. The molecular formula is C26H26N2O4S. The van der Waals surface area contributed by atoms with Crippen molar-refractivity contribution in [1.29, 1.82) is 0 Å². The number of ketones is 1. The van der Waals surface area contributed by atoms with Gasteiger partial charge in [0.2, 0.25) is 5.78 Å². The highest BCUT2D eigenvalue weighted by molar-refractivity contribution is 7.12. The highest BCUT2D eigenvalue weighted by Gasteiger charge is 2.44. The van der Waals surface area contributed by atoms with Gasteiger partial charge in [-0.15, -0.1) is 11.3 Å². The number of thiophene rings is 1. The molecule has 7 heteroatoms. The number of carbonyl (C=O) groups excluding carboxylic acids is 2. The summed E-state index contributed by atoms with van der Waals surface area (Å²) in [5, 5.41) is 12.6. The highest BCUT2D eigenvalue weighted by atomic mass is 32.1. The fraction of sp³-hybridized carbons (Fsp3) is 0.269. The number of ether oxygens (including phenoxy) is 1. The Morgan fingerprint density at radius 2 is 2.06 bits per heavy atom. The van der Waals surface area contributed by atoms with Crippen LogP contribution in [-0.2, 0) is 11.3 Å². The fourth-order valence-electron chi connectivity index (χ4n) is 3.94. The first kappa shape index (κ1) is 22.7. The van der Waals surface area contributed by atoms with Crippen LogP contribution in [0.15, 0.2) is 77.6 Å². The van der Waals surface area contributed by atoms with Crippen molar-refractivity contribution in [2.24, 2.45) is 0 Å². The van der Waals surface area contributed by atoms with Gasteiger partial charge in [0.15, 0.2) is 5.76 Å². The maximum atomic E-state index is 13.3. The van der Waals surface area contributed by atoms with Gasteiger partial charge in [-0.3, -0.25) is 14.6 Å². The van der Waals surface area contributed by atoms with Crippen molar-refractivity contribution < 1.29 is 19.4 Å². The van der Waals surface area contributed by atoms with E-state index in [0.717, 1.165) is 24.8 Å². The molecule has 170 valence electrons. The zero-order chi connectivity index (χ0) is 23.2. The topological polar surface area (TPSA) is 79.7 Å². The van der Waals surface area contributed by atoms with E-state index < -0.39 is 17.7 Å². The van der Waals surface area contributed by atoms with Crippen LogP contribution < -0.4 is 4.74 Å². The van der Waals surface area contributed by atoms with Gasteiger partial charge in [-0.2, -0.15) is 0 Å². The molecule has 1 aliphatic heterocycles. The number of carbonyl (C=O) groups is 2. The molecule has 1 atom stereocenters. The third kappa shape index (κ3) is 4.98. The average Bonchev–Trinajstić information content (AvgIpc) is 3.46. The number of unbranched alkanes of at least 4 members (excludes halogenated alkanes) is 2. The van der Waals surface area contributed by atoms with Crippen molar-refractivity contribution in [2.75, 3.05) is 6.61 Å². The van der Waals surface area contributed by atoms with Crippen LogP contribution in [-0.4, -0.2) is 33.3 Å². The fourth-order valence-corrected chi connectivity index (χ4v) is 4.62. The molecule has 0 spiro atoms. The van der Waals surface area contributed by atoms with E-state index in [0.29, 0.717) is 22.8 Å². The molecule has 33 heavy (non-hydrogen) atoms. The van der Waals surface area contributed by atoms with Crippen LogP contribution in [0.3, 0.4) is 0 Å². The molecular weight excluding hydrogens is 436 g/mol. The van der Waals surface area contributed by atoms with E-state index in [-0.39, 0.29) is 17.9 Å². The van der Waals surface area contributed by atoms with Crippen LogP contribution in [0.5, 0.6) is 5.75 Å². The van der Waals surface area contributed by atoms with Gasteiger partial charge in [0.05, 0.1) is 23.1 Å². The summed E-state index contributed by atoms with van der Waals surface area (Å²) in [6, 6.07) is 13.8. The summed E-state index contributed by atoms with van der Waals surface area (Å²) >= 11 is 1.28. The molecule has 2 aromatic heterocycles. The predicted molar refractivity (Wildman–Crippen MR) is 127 cm³/mol. The minimum Gasteiger partial charge on any atom is -0.503 e. The Labute approximate surface area is 197 Å². The molecule has 3 heterocycles. The van der Waals surface area contributed by atoms with Crippen molar-refractivity contribution in [2.45, 2.75) is 38.8 Å². The molecule has 4 rings (SSSR count). The Hall–Kier alpha value is -3.45. The number of hydrogen-bond donors (Lipinski definition) is 1. The minimum atomic E-state index is -0.730. The smallest absolute Gasteiger partial charge is 0.290 e. The summed E-state index contributed by atoms with van der Waals surface area (Å²) in [4.78, 5) is 32.6. The molecule has 6 nitrogen and oxygen atoms in total. The summed E-state index contributed by atoms with van der Waals surface area (Å²) in [5.41, 5.74) is 1.61. The van der Waals surface area contributed by atoms with Crippen molar-refractivity contribution in [3.8, 4) is 5.75 Å². The van der Waals surface area contributed by atoms with E-state index in [1.807, 2.05) is 30.3 Å². The maximum Gasteiger partial charge on any atom is 0.290 e. The number of amides is 1. The first-order valence-electron chi connectivity index (χ1n) is 11.0. The molecule has 0 bridgehead atoms. The Morgan fingerprint density at radius 3 is 2.79 bits per heavy atom. The highest BCUT2D eigenvalue weighted by Crippen LogP contribution is 2.41. The van der Waals surface area contributed by atoms with Crippen molar-refractivity contribution in [3.63, 3.8) is 0 Å². The monoisotopic (exact) mass is 462 g/mol. The number of nitrogens with zero attached hydrogens (tertiary/aromatic N) is 2. The zero-order valence-corrected chi connectivity index (χ0v) is 19.3. The van der Waals surface area contributed by atoms with Gasteiger partial charge >= 0.3 is 0 Å². The molecule has 1 amide bonds. The molecule has 1 aliphatic rings. The summed E-state index contributed by atoms with van der Waals surface area (Å²) < 4.78 is 5.91. The molecule has 1 unspecified atom stereocenters. The molecule has 1 N–H and O–H groups in total. The lowest BCUT2D eigenvalue weighted by molar-refractivity contribution is -0.130. The van der Waals surface area contributed by atoms with Crippen LogP contribution in [0.25, 0.3) is 0 Å². The molecule has 0 saturated carbocycles. The van der Waals surface area contributed by atoms with E-state index >= 15 is 0 Å². The first-order valence-corrected chi connectivity index (χ1v) is 11.9. The van der Waals surface area contributed by atoms with Crippen LogP contribution in [0.4, 0.5) is 0 Å². The normalized spacial score (nSPS) is 15.8. The van der Waals surface area contributed by atoms with Gasteiger partial charge < -0.3 is 14.7 Å². The number of pyridine rings is 1. The zero-order valence-electron chi connectivity index (χ0n) is 18.4. The van der Waals surface area contributed by atoms with Crippen LogP contribution in [0.2, 0.25) is 0 Å². The number of benzene rings is 1. The number of Topliss-reactive ketones (excluding diaryl/α,β-unsaturated/α-hetero) is 1. The van der Waals surface area contributed by atoms with E-state index in [4.69, 9.17) is 4.74 Å². The SMILES string of the molecule is CCCCCOc1cccc(C2C(C(=O)c3cccs3)=C(O)C(=O)N2Cc2cccnc2)c1. The van der Waals surface area contributed by atoms with Crippen molar-refractivity contribution in [3.05, 3.63) is 93.6 Å². The second kappa shape index (κ2) is 10.4. The lowest BCUT2D eigenvalue weighted by Gasteiger charge is -2.27. The lowest BCUT2D eigenvalue weighted by atomic mass is 9.95. The second-order valence-electron chi connectivity index (χ2n) is 7.89. The molecule has 0 radical (unpaired) electrons. The van der Waals surface area contributed by atoms with Crippen molar-refractivity contribution in [1.82, 2.24) is 9.88 Å². The standard InChI is InChI=1S/C26H26N2O4S/c1-2-3-4-13-32-20-10-5-9-19(15-20)23-22(24(29)21-11-7-14-33-21)25(30)26(31)28(23)17-18-8-6-12-27-16-18/h5-12,14-16,23,30H,2-4,13,17H2,1H3. The van der Waals surface area contributed by atoms with Gasteiger partial charge in [-0.05, 0) is 47.2 Å². The Bertz CT molecular complexity index is 1140. The quantitative estimate of drug-likeness (QED) is 0.318. The summed E-state index contributed by atoms with van der Waals surface area (Å²) in [5.74, 6) is -0.745. The van der Waals surface area contributed by atoms with E-state index in [1.165, 1.54) is 16.2 Å². The van der Waals surface area contributed by atoms with Crippen LogP contribution in [0.1, 0.15) is 53.0 Å². The number of hydrogen-bond acceptors (Lipinski definition) is 6. The van der Waals surface area contributed by atoms with E-state index in [1.54, 1.807) is 36.0 Å². The third-order valence-electron chi connectivity index (χ3n) is 5.56. The predicted octanol–water partition coefficient (Wildman–Crippen LogP) is 5.49. The second-order valence-corrected chi connectivity index (χ2v) is 8.84. The first-order chi connectivity index (χ1) is 16.1. The maximum absolute atomic E-state index is 13.3. The number of aliphatic hydroxyl groups excluding tert-OH is 1. The summed E-state index contributed by atoms with van der Waals surface area (Å²) in [6.45, 7) is 2.95. The molecule has 3 aromatic rings. The Morgan fingerprint density at radius 1 is 1.18 bits per heavy atom. The number of rotatable bonds is 10. The molecule has 1 aromatic carbocycles. The molecule has 0 fully saturated rings. The summed E-state index contributed by atoms with van der Waals surface area (Å²) in [6.07, 6.45) is 6.49. The van der Waals surface area contributed by atoms with Gasteiger partial charge in [-0.1, -0.05) is 44.0 Å². The number of aliphatic hydroxyl groups is 1. The molecule has 0 aliphatic carbocycles. The van der Waals surface area contributed by atoms with Gasteiger partial charge in [0.25, 0.3) is 5.91 Å². The Balaban J connectivity index is 1.70. The lowest BCUT2D eigenvalue weighted by Crippen LogP contribution is -2.30. The van der Waals surface area contributed by atoms with E-state index in [9.17, 15) is 14.7 Å². The summed E-state index contributed by atoms with van der Waals surface area (Å²) in [7, 11) is 0. The van der Waals surface area contributed by atoms with Gasteiger partial charge in [-0.25, -0.2) is 0 Å². The van der Waals surface area contributed by atoms with Crippen molar-refractivity contribution >= 4 is 23.0 Å². The Kier molecular flexibility index (Phi) is 7.19.